The molecule has 3 heteroatoms. The van der Waals surface area contributed by atoms with E-state index in [0.29, 0.717) is 5.92 Å². The average molecular weight is 185 g/mol. The fourth-order valence-electron chi connectivity index (χ4n) is 2.20. The highest BCUT2D eigenvalue weighted by Crippen LogP contribution is 2.29. The summed E-state index contributed by atoms with van der Waals surface area (Å²) in [5, 5.41) is 9.59. The summed E-state index contributed by atoms with van der Waals surface area (Å²) in [4.78, 5) is 2.47. The normalized spacial score (nSPS) is 39.9. The van der Waals surface area contributed by atoms with Crippen molar-refractivity contribution in [3.8, 4) is 0 Å². The number of hydrogen-bond acceptors (Lipinski definition) is 3. The number of aliphatic hydroxyl groups is 1. The molecule has 2 aliphatic heterocycles. The zero-order chi connectivity index (χ0) is 9.47. The molecule has 2 saturated heterocycles. The smallest absolute Gasteiger partial charge is 0.0671 e. The second-order valence-corrected chi connectivity index (χ2v) is 4.77. The van der Waals surface area contributed by atoms with Gasteiger partial charge in [0, 0.05) is 13.1 Å². The lowest BCUT2D eigenvalue weighted by Gasteiger charge is -2.50. The Hall–Kier alpha value is -0.120. The van der Waals surface area contributed by atoms with Gasteiger partial charge in [-0.25, -0.2) is 0 Å². The van der Waals surface area contributed by atoms with Crippen molar-refractivity contribution >= 4 is 0 Å². The topological polar surface area (TPSA) is 32.7 Å². The van der Waals surface area contributed by atoms with E-state index in [0.717, 1.165) is 32.7 Å². The number of piperidine rings is 1. The first kappa shape index (κ1) is 9.44. The molecule has 2 atom stereocenters. The van der Waals surface area contributed by atoms with Gasteiger partial charge in [0.2, 0.25) is 0 Å². The number of likely N-dealkylation sites (tertiary alicyclic amines) is 1. The second kappa shape index (κ2) is 3.23. The largest absolute Gasteiger partial charge is 0.393 e. The highest BCUT2D eigenvalue weighted by molar-refractivity contribution is 4.95. The van der Waals surface area contributed by atoms with E-state index in [9.17, 15) is 5.11 Å². The van der Waals surface area contributed by atoms with Crippen LogP contribution >= 0.6 is 0 Å². The molecule has 2 aliphatic rings. The van der Waals surface area contributed by atoms with Gasteiger partial charge < -0.3 is 9.84 Å². The van der Waals surface area contributed by atoms with E-state index < -0.39 is 0 Å². The van der Waals surface area contributed by atoms with Gasteiger partial charge in [-0.2, -0.15) is 0 Å². The molecule has 0 saturated carbocycles. The van der Waals surface area contributed by atoms with Crippen LogP contribution in [0.25, 0.3) is 0 Å². The third-order valence-electron chi connectivity index (χ3n) is 3.45. The fourth-order valence-corrected chi connectivity index (χ4v) is 2.20. The van der Waals surface area contributed by atoms with Gasteiger partial charge in [-0.3, -0.25) is 4.90 Å². The van der Waals surface area contributed by atoms with Crippen molar-refractivity contribution in [1.29, 1.82) is 0 Å². The lowest BCUT2D eigenvalue weighted by atomic mass is 9.89. The van der Waals surface area contributed by atoms with Crippen LogP contribution in [0.4, 0.5) is 0 Å². The maximum atomic E-state index is 9.59. The first-order valence-electron chi connectivity index (χ1n) is 5.13. The van der Waals surface area contributed by atoms with Crippen molar-refractivity contribution in [3.63, 3.8) is 0 Å². The van der Waals surface area contributed by atoms with Crippen LogP contribution in [0.5, 0.6) is 0 Å². The van der Waals surface area contributed by atoms with Crippen molar-refractivity contribution in [2.75, 3.05) is 26.3 Å². The van der Waals surface area contributed by atoms with Crippen LogP contribution in [0.1, 0.15) is 20.3 Å². The van der Waals surface area contributed by atoms with Crippen LogP contribution in [0.2, 0.25) is 0 Å². The predicted octanol–water partition coefficient (Wildman–Crippen LogP) is 0.478. The zero-order valence-corrected chi connectivity index (χ0v) is 8.49. The van der Waals surface area contributed by atoms with Gasteiger partial charge in [-0.05, 0) is 19.3 Å². The van der Waals surface area contributed by atoms with Crippen molar-refractivity contribution < 1.29 is 9.84 Å². The van der Waals surface area contributed by atoms with Crippen molar-refractivity contribution in [2.24, 2.45) is 5.92 Å². The summed E-state index contributed by atoms with van der Waals surface area (Å²) in [5.41, 5.74) is 0.258. The van der Waals surface area contributed by atoms with Gasteiger partial charge in [-0.1, -0.05) is 6.92 Å². The van der Waals surface area contributed by atoms with E-state index in [1.165, 1.54) is 0 Å². The van der Waals surface area contributed by atoms with Crippen LogP contribution in [-0.2, 0) is 4.74 Å². The molecule has 0 unspecified atom stereocenters. The third kappa shape index (κ3) is 1.60. The third-order valence-corrected chi connectivity index (χ3v) is 3.45. The van der Waals surface area contributed by atoms with Gasteiger partial charge in [0.05, 0.1) is 24.9 Å². The summed E-state index contributed by atoms with van der Waals surface area (Å²) < 4.78 is 5.25. The van der Waals surface area contributed by atoms with Crippen molar-refractivity contribution in [2.45, 2.75) is 31.9 Å². The second-order valence-electron chi connectivity index (χ2n) is 4.77. The van der Waals surface area contributed by atoms with Crippen LogP contribution < -0.4 is 0 Å². The molecule has 3 nitrogen and oxygen atoms in total. The molecule has 1 N–H and O–H groups in total. The quantitative estimate of drug-likeness (QED) is 0.645. The number of aliphatic hydroxyl groups excluding tert-OH is 1. The van der Waals surface area contributed by atoms with E-state index in [1.54, 1.807) is 0 Å². The molecule has 0 spiro atoms. The first-order chi connectivity index (χ1) is 6.12. The highest BCUT2D eigenvalue weighted by Gasteiger charge is 2.42. The maximum absolute atomic E-state index is 9.59. The molecule has 0 bridgehead atoms. The Morgan fingerprint density at radius 1 is 1.46 bits per heavy atom. The Balaban J connectivity index is 1.94. The summed E-state index contributed by atoms with van der Waals surface area (Å²) in [7, 11) is 0. The summed E-state index contributed by atoms with van der Waals surface area (Å²) in [6, 6.07) is 0. The molecule has 0 aliphatic carbocycles. The summed E-state index contributed by atoms with van der Waals surface area (Å²) >= 11 is 0. The van der Waals surface area contributed by atoms with Gasteiger partial charge in [0.25, 0.3) is 0 Å². The van der Waals surface area contributed by atoms with E-state index in [4.69, 9.17) is 4.74 Å². The number of nitrogens with zero attached hydrogens (tertiary/aromatic N) is 1. The molecule has 2 heterocycles. The number of hydrogen-bond donors (Lipinski definition) is 1. The SMILES string of the molecule is C[C@@H]1CN(C2(C)COC2)CC[C@@H]1O. The highest BCUT2D eigenvalue weighted by atomic mass is 16.5. The Bertz CT molecular complexity index is 191. The van der Waals surface area contributed by atoms with Gasteiger partial charge in [0.15, 0.2) is 0 Å². The summed E-state index contributed by atoms with van der Waals surface area (Å²) in [5.74, 6) is 0.408. The van der Waals surface area contributed by atoms with Crippen molar-refractivity contribution in [1.82, 2.24) is 4.90 Å². The van der Waals surface area contributed by atoms with Gasteiger partial charge in [0.1, 0.15) is 0 Å². The Morgan fingerprint density at radius 3 is 2.62 bits per heavy atom. The van der Waals surface area contributed by atoms with E-state index in [2.05, 4.69) is 18.7 Å². The fraction of sp³-hybridized carbons (Fsp3) is 1.00. The minimum Gasteiger partial charge on any atom is -0.393 e. The lowest BCUT2D eigenvalue weighted by molar-refractivity contribution is -0.149. The Morgan fingerprint density at radius 2 is 2.15 bits per heavy atom. The van der Waals surface area contributed by atoms with E-state index in [-0.39, 0.29) is 11.6 Å². The molecular weight excluding hydrogens is 166 g/mol. The number of rotatable bonds is 1. The Labute approximate surface area is 79.7 Å². The van der Waals surface area contributed by atoms with Crippen LogP contribution in [0.3, 0.4) is 0 Å². The van der Waals surface area contributed by atoms with Crippen molar-refractivity contribution in [3.05, 3.63) is 0 Å². The van der Waals surface area contributed by atoms with Crippen LogP contribution in [-0.4, -0.2) is 48.0 Å². The Kier molecular flexibility index (Phi) is 2.34. The molecule has 2 fully saturated rings. The minimum absolute atomic E-state index is 0.0964. The molecule has 0 aromatic carbocycles. The predicted molar refractivity (Wildman–Crippen MR) is 50.6 cm³/mol. The molecule has 0 radical (unpaired) electrons. The molecule has 13 heavy (non-hydrogen) atoms. The molecule has 0 aromatic rings. The minimum atomic E-state index is -0.0964. The first-order valence-corrected chi connectivity index (χ1v) is 5.13. The monoisotopic (exact) mass is 185 g/mol. The zero-order valence-electron chi connectivity index (χ0n) is 8.49. The molecule has 76 valence electrons. The molecule has 2 rings (SSSR count). The standard InChI is InChI=1S/C10H19NO2/c1-8-5-11(4-3-9(8)12)10(2)6-13-7-10/h8-9,12H,3-7H2,1-2H3/t8-,9+/m1/s1. The lowest BCUT2D eigenvalue weighted by Crippen LogP contribution is -2.63. The van der Waals surface area contributed by atoms with Gasteiger partial charge in [-0.15, -0.1) is 0 Å². The van der Waals surface area contributed by atoms with Gasteiger partial charge >= 0.3 is 0 Å². The summed E-state index contributed by atoms with van der Waals surface area (Å²) in [6.07, 6.45) is 0.817. The maximum Gasteiger partial charge on any atom is 0.0671 e. The van der Waals surface area contributed by atoms with E-state index in [1.807, 2.05) is 0 Å². The molecular formula is C10H19NO2. The number of ether oxygens (including phenoxy) is 1. The molecule has 0 amide bonds. The van der Waals surface area contributed by atoms with Crippen LogP contribution in [0.15, 0.2) is 0 Å². The average Bonchev–Trinajstić information content (AvgIpc) is 2.06. The summed E-state index contributed by atoms with van der Waals surface area (Å²) in [6.45, 7) is 8.12. The van der Waals surface area contributed by atoms with E-state index >= 15 is 0 Å². The molecule has 0 aromatic heterocycles. The van der Waals surface area contributed by atoms with Crippen LogP contribution in [0, 0.1) is 5.92 Å².